The van der Waals surface area contributed by atoms with Crippen LogP contribution in [-0.2, 0) is 10.2 Å². The van der Waals surface area contributed by atoms with Crippen LogP contribution in [0.1, 0.15) is 26.7 Å². The van der Waals surface area contributed by atoms with Crippen molar-refractivity contribution in [3.05, 3.63) is 0 Å². The second kappa shape index (κ2) is 5.22. The quantitative estimate of drug-likeness (QED) is 0.758. The molecule has 2 fully saturated rings. The minimum atomic E-state index is -3.27. The standard InChI is InChI=1S/C11H23N3O2S/c1-9(2)6-13-17(15,16)14-7-10-4-3-5-12-11(10)8-14/h9-13H,3-8H2,1-2H3/t10-,11+/m0/s1. The van der Waals surface area contributed by atoms with Gasteiger partial charge in [-0.3, -0.25) is 0 Å². The molecule has 5 nitrogen and oxygen atoms in total. The van der Waals surface area contributed by atoms with E-state index in [1.54, 1.807) is 4.31 Å². The molecule has 0 aromatic heterocycles. The molecule has 0 aromatic carbocycles. The minimum absolute atomic E-state index is 0.341. The van der Waals surface area contributed by atoms with Crippen LogP contribution in [0.3, 0.4) is 0 Å². The van der Waals surface area contributed by atoms with E-state index in [-0.39, 0.29) is 0 Å². The van der Waals surface area contributed by atoms with E-state index in [9.17, 15) is 8.42 Å². The summed E-state index contributed by atoms with van der Waals surface area (Å²) in [6.07, 6.45) is 2.31. The predicted octanol–water partition coefficient (Wildman–Crippen LogP) is 0.161. The van der Waals surface area contributed by atoms with Crippen molar-refractivity contribution in [2.24, 2.45) is 11.8 Å². The van der Waals surface area contributed by atoms with Crippen LogP contribution in [-0.4, -0.2) is 44.9 Å². The molecule has 17 heavy (non-hydrogen) atoms. The lowest BCUT2D eigenvalue weighted by molar-refractivity contribution is 0.339. The molecule has 2 atom stereocenters. The molecule has 0 saturated carbocycles. The summed E-state index contributed by atoms with van der Waals surface area (Å²) in [5.74, 6) is 0.840. The van der Waals surface area contributed by atoms with Gasteiger partial charge in [-0.2, -0.15) is 12.7 Å². The van der Waals surface area contributed by atoms with Crippen LogP contribution in [0.5, 0.6) is 0 Å². The zero-order valence-corrected chi connectivity index (χ0v) is 11.5. The summed E-state index contributed by atoms with van der Waals surface area (Å²) in [5.41, 5.74) is 0. The Labute approximate surface area is 104 Å². The number of nitrogens with zero attached hydrogens (tertiary/aromatic N) is 1. The van der Waals surface area contributed by atoms with Gasteiger partial charge in [-0.15, -0.1) is 0 Å². The molecule has 2 aliphatic rings. The predicted molar refractivity (Wildman–Crippen MR) is 67.8 cm³/mol. The number of piperidine rings is 1. The van der Waals surface area contributed by atoms with Crippen LogP contribution in [0.2, 0.25) is 0 Å². The second-order valence-corrected chi connectivity index (χ2v) is 7.28. The lowest BCUT2D eigenvalue weighted by Crippen LogP contribution is -2.43. The van der Waals surface area contributed by atoms with E-state index < -0.39 is 10.2 Å². The molecule has 2 N–H and O–H groups in total. The largest absolute Gasteiger partial charge is 0.312 e. The van der Waals surface area contributed by atoms with E-state index in [0.717, 1.165) is 19.4 Å². The third-order valence-corrected chi connectivity index (χ3v) is 5.09. The summed E-state index contributed by atoms with van der Waals surface area (Å²) in [4.78, 5) is 0. The van der Waals surface area contributed by atoms with Crippen LogP contribution < -0.4 is 10.0 Å². The monoisotopic (exact) mass is 261 g/mol. The van der Waals surface area contributed by atoms with E-state index in [0.29, 0.717) is 37.5 Å². The third kappa shape index (κ3) is 3.19. The van der Waals surface area contributed by atoms with Gasteiger partial charge < -0.3 is 5.32 Å². The van der Waals surface area contributed by atoms with Crippen molar-refractivity contribution in [1.82, 2.24) is 14.3 Å². The maximum Gasteiger partial charge on any atom is 0.279 e. The average molecular weight is 261 g/mol. The van der Waals surface area contributed by atoms with Crippen LogP contribution in [0.15, 0.2) is 0 Å². The van der Waals surface area contributed by atoms with Crippen molar-refractivity contribution in [2.45, 2.75) is 32.7 Å². The summed E-state index contributed by atoms with van der Waals surface area (Å²) >= 11 is 0. The van der Waals surface area contributed by atoms with Crippen molar-refractivity contribution < 1.29 is 8.42 Å². The van der Waals surface area contributed by atoms with Gasteiger partial charge >= 0.3 is 0 Å². The van der Waals surface area contributed by atoms with E-state index >= 15 is 0 Å². The highest BCUT2D eigenvalue weighted by Crippen LogP contribution is 2.26. The van der Waals surface area contributed by atoms with Gasteiger partial charge in [0.2, 0.25) is 0 Å². The smallest absolute Gasteiger partial charge is 0.279 e. The third-order valence-electron chi connectivity index (χ3n) is 3.58. The maximum absolute atomic E-state index is 12.1. The molecule has 2 aliphatic heterocycles. The topological polar surface area (TPSA) is 61.4 Å². The number of fused-ring (bicyclic) bond motifs is 1. The molecule has 100 valence electrons. The van der Waals surface area contributed by atoms with Crippen molar-refractivity contribution in [2.75, 3.05) is 26.2 Å². The zero-order valence-electron chi connectivity index (χ0n) is 10.6. The Hall–Kier alpha value is -0.170. The molecule has 0 aromatic rings. The van der Waals surface area contributed by atoms with Crippen LogP contribution in [0.25, 0.3) is 0 Å². The summed E-state index contributed by atoms with van der Waals surface area (Å²) < 4.78 is 28.4. The SMILES string of the molecule is CC(C)CNS(=O)(=O)N1C[C@@H]2CCCN[C@@H]2C1. The molecule has 0 radical (unpaired) electrons. The van der Waals surface area contributed by atoms with Gasteiger partial charge in [0.25, 0.3) is 10.2 Å². The zero-order chi connectivity index (χ0) is 12.5. The Morgan fingerprint density at radius 3 is 2.82 bits per heavy atom. The van der Waals surface area contributed by atoms with E-state index in [1.807, 2.05) is 13.8 Å². The molecule has 2 rings (SSSR count). The fraction of sp³-hybridized carbons (Fsp3) is 1.00. The van der Waals surface area contributed by atoms with E-state index in [4.69, 9.17) is 0 Å². The molecule has 0 unspecified atom stereocenters. The molecular formula is C11H23N3O2S. The first-order valence-electron chi connectivity index (χ1n) is 6.47. The molecule has 0 aliphatic carbocycles. The lowest BCUT2D eigenvalue weighted by Gasteiger charge is -2.24. The summed E-state index contributed by atoms with van der Waals surface area (Å²) in [5, 5.41) is 3.41. The van der Waals surface area contributed by atoms with Gasteiger partial charge in [0.1, 0.15) is 0 Å². The van der Waals surface area contributed by atoms with Gasteiger partial charge in [-0.05, 0) is 31.2 Å². The fourth-order valence-corrected chi connectivity index (χ4v) is 4.04. The van der Waals surface area contributed by atoms with Crippen molar-refractivity contribution >= 4 is 10.2 Å². The summed E-state index contributed by atoms with van der Waals surface area (Å²) in [7, 11) is -3.27. The van der Waals surface area contributed by atoms with Gasteiger partial charge in [-0.25, -0.2) is 4.72 Å². The van der Waals surface area contributed by atoms with Crippen molar-refractivity contribution in [3.63, 3.8) is 0 Å². The number of rotatable bonds is 4. The van der Waals surface area contributed by atoms with Crippen molar-refractivity contribution in [1.29, 1.82) is 0 Å². The van der Waals surface area contributed by atoms with Crippen molar-refractivity contribution in [3.8, 4) is 0 Å². The van der Waals surface area contributed by atoms with Gasteiger partial charge in [0, 0.05) is 25.7 Å². The van der Waals surface area contributed by atoms with Gasteiger partial charge in [0.05, 0.1) is 0 Å². The van der Waals surface area contributed by atoms with Gasteiger partial charge in [-0.1, -0.05) is 13.8 Å². The average Bonchev–Trinajstić information content (AvgIpc) is 2.71. The Morgan fingerprint density at radius 1 is 1.41 bits per heavy atom. The Balaban J connectivity index is 1.94. The Morgan fingerprint density at radius 2 is 2.18 bits per heavy atom. The molecule has 2 heterocycles. The van der Waals surface area contributed by atoms with E-state index in [1.165, 1.54) is 0 Å². The molecule has 0 amide bonds. The molecule has 6 heteroatoms. The highest BCUT2D eigenvalue weighted by molar-refractivity contribution is 7.87. The second-order valence-electron chi connectivity index (χ2n) is 5.53. The summed E-state index contributed by atoms with van der Waals surface area (Å²) in [6, 6.07) is 0.361. The number of hydrogen-bond donors (Lipinski definition) is 2. The van der Waals surface area contributed by atoms with Crippen LogP contribution in [0.4, 0.5) is 0 Å². The van der Waals surface area contributed by atoms with Gasteiger partial charge in [0.15, 0.2) is 0 Å². The molecular weight excluding hydrogens is 238 g/mol. The first-order chi connectivity index (χ1) is 7.99. The normalized spacial score (nSPS) is 30.8. The van der Waals surface area contributed by atoms with E-state index in [2.05, 4.69) is 10.0 Å². The fourth-order valence-electron chi connectivity index (χ4n) is 2.57. The minimum Gasteiger partial charge on any atom is -0.312 e. The molecule has 0 bridgehead atoms. The molecule has 0 spiro atoms. The first kappa shape index (κ1) is 13.3. The van der Waals surface area contributed by atoms with Crippen LogP contribution in [0, 0.1) is 11.8 Å². The lowest BCUT2D eigenvalue weighted by atomic mass is 9.94. The number of hydrogen-bond acceptors (Lipinski definition) is 3. The van der Waals surface area contributed by atoms with Crippen LogP contribution >= 0.6 is 0 Å². The number of nitrogens with one attached hydrogen (secondary N) is 2. The Bertz CT molecular complexity index is 342. The maximum atomic E-state index is 12.1. The highest BCUT2D eigenvalue weighted by atomic mass is 32.2. The first-order valence-corrected chi connectivity index (χ1v) is 7.91. The highest BCUT2D eigenvalue weighted by Gasteiger charge is 2.39. The molecule has 2 saturated heterocycles. The summed E-state index contributed by atoms with van der Waals surface area (Å²) in [6.45, 7) is 6.85. The Kier molecular flexibility index (Phi) is 4.07.